The number of hydrogen-bond donors (Lipinski definition) is 2. The zero-order valence-electron chi connectivity index (χ0n) is 15.4. The number of hydrogen-bond acceptors (Lipinski definition) is 6. The Kier molecular flexibility index (Phi) is 11.7. The summed E-state index contributed by atoms with van der Waals surface area (Å²) >= 11 is 19.2. The van der Waals surface area contributed by atoms with Gasteiger partial charge in [0, 0.05) is 30.2 Å². The van der Waals surface area contributed by atoms with Crippen molar-refractivity contribution in [1.29, 1.82) is 0 Å². The number of ketones is 1. The zero-order valence-corrected chi connectivity index (χ0v) is 19.2. The van der Waals surface area contributed by atoms with Crippen molar-refractivity contribution < 1.29 is 19.5 Å². The number of Topliss-reactive ketones (excluding diaryl/α,β-unsaturated/α-hetero) is 1. The molecule has 3 rings (SSSR count). The number of nitrogens with one attached hydrogen (secondary N) is 1. The van der Waals surface area contributed by atoms with Gasteiger partial charge in [0.15, 0.2) is 5.78 Å². The van der Waals surface area contributed by atoms with Gasteiger partial charge in [-0.05, 0) is 41.9 Å². The van der Waals surface area contributed by atoms with Crippen molar-refractivity contribution in [1.82, 2.24) is 15.0 Å². The van der Waals surface area contributed by atoms with Gasteiger partial charge in [0.1, 0.15) is 10.3 Å². The lowest BCUT2D eigenvalue weighted by molar-refractivity contribution is 0.0696. The molecule has 3 heterocycles. The van der Waals surface area contributed by atoms with E-state index in [-0.39, 0.29) is 16.9 Å². The van der Waals surface area contributed by atoms with Crippen molar-refractivity contribution in [2.75, 3.05) is 5.33 Å². The maximum absolute atomic E-state index is 11.0. The second-order valence-electron chi connectivity index (χ2n) is 5.32. The van der Waals surface area contributed by atoms with Crippen LogP contribution in [0.3, 0.4) is 0 Å². The lowest BCUT2D eigenvalue weighted by Crippen LogP contribution is -2.05. The summed E-state index contributed by atoms with van der Waals surface area (Å²) < 4.78 is 0. The van der Waals surface area contributed by atoms with E-state index in [2.05, 4.69) is 30.9 Å². The van der Waals surface area contributed by atoms with Crippen molar-refractivity contribution in [2.45, 2.75) is 0 Å². The minimum Gasteiger partial charge on any atom is -0.478 e. The van der Waals surface area contributed by atoms with Crippen LogP contribution in [-0.2, 0) is 0 Å². The number of aromatic amines is 1. The third-order valence-corrected chi connectivity index (χ3v) is 4.33. The Morgan fingerprint density at radius 2 is 1.42 bits per heavy atom. The predicted molar refractivity (Wildman–Crippen MR) is 121 cm³/mol. The van der Waals surface area contributed by atoms with Gasteiger partial charge >= 0.3 is 5.97 Å². The average molecular weight is 550 g/mol. The molecule has 12 heteroatoms. The van der Waals surface area contributed by atoms with E-state index < -0.39 is 11.2 Å². The summed E-state index contributed by atoms with van der Waals surface area (Å²) in [5.74, 6) is -1.04. The van der Waals surface area contributed by atoms with Gasteiger partial charge in [-0.3, -0.25) is 14.4 Å². The Morgan fingerprint density at radius 1 is 0.903 bits per heavy atom. The number of aromatic carboxylic acids is 1. The highest BCUT2D eigenvalue weighted by Crippen LogP contribution is 2.07. The summed E-state index contributed by atoms with van der Waals surface area (Å²) in [6.45, 7) is 0. The molecule has 0 saturated heterocycles. The normalized spacial score (nSPS) is 9.42. The number of pyridine rings is 3. The third-order valence-electron chi connectivity index (χ3n) is 3.16. The van der Waals surface area contributed by atoms with Crippen LogP contribution in [0.2, 0.25) is 10.3 Å². The Labute approximate surface area is 199 Å². The Hall–Kier alpha value is -2.59. The lowest BCUT2D eigenvalue weighted by atomic mass is 10.2. The van der Waals surface area contributed by atoms with Gasteiger partial charge in [0.2, 0.25) is 5.56 Å². The van der Waals surface area contributed by atoms with E-state index >= 15 is 0 Å². The molecule has 8 nitrogen and oxygen atoms in total. The topological polar surface area (TPSA) is 130 Å². The van der Waals surface area contributed by atoms with Gasteiger partial charge in [-0.15, -0.1) is 0 Å². The summed E-state index contributed by atoms with van der Waals surface area (Å²) in [5.41, 5.74) is 0.710. The molecule has 162 valence electrons. The van der Waals surface area contributed by atoms with E-state index in [1.165, 1.54) is 36.7 Å². The monoisotopic (exact) mass is 547 g/mol. The quantitative estimate of drug-likeness (QED) is 0.212. The number of carbonyl (C=O) groups is 3. The van der Waals surface area contributed by atoms with Gasteiger partial charge in [-0.25, -0.2) is 14.8 Å². The number of nitrogens with zero attached hydrogens (tertiary/aromatic N) is 2. The standard InChI is InChI=1S/C7H5BrClNO.C6H3Cl2NO.C6H5NO3/c8-3-6(11)5-1-2-7(9)10-4-5;7-5-2-1-4(3-9-5)6(8)10;8-5-2-1-4(3-7-5)6(9)10/h1-2,4H,3H2;1-3H;1-3H,(H,7,8)(H,9,10). The van der Waals surface area contributed by atoms with Crippen LogP contribution < -0.4 is 5.56 Å². The van der Waals surface area contributed by atoms with Crippen molar-refractivity contribution in [3.05, 3.63) is 92.3 Å². The van der Waals surface area contributed by atoms with Crippen LogP contribution in [0.1, 0.15) is 31.1 Å². The molecule has 2 N–H and O–H groups in total. The third kappa shape index (κ3) is 10.3. The number of carboxylic acid groups (broad SMARTS) is 1. The van der Waals surface area contributed by atoms with Gasteiger partial charge < -0.3 is 10.1 Å². The van der Waals surface area contributed by atoms with Crippen molar-refractivity contribution in [2.24, 2.45) is 0 Å². The van der Waals surface area contributed by atoms with Gasteiger partial charge in [-0.1, -0.05) is 39.1 Å². The summed E-state index contributed by atoms with van der Waals surface area (Å²) in [7, 11) is 0. The highest BCUT2D eigenvalue weighted by molar-refractivity contribution is 9.09. The van der Waals surface area contributed by atoms with E-state index in [9.17, 15) is 19.2 Å². The largest absolute Gasteiger partial charge is 0.478 e. The molecule has 0 bridgehead atoms. The van der Waals surface area contributed by atoms with Gasteiger partial charge in [0.25, 0.3) is 5.24 Å². The van der Waals surface area contributed by atoms with E-state index in [4.69, 9.17) is 39.9 Å². The van der Waals surface area contributed by atoms with Crippen LogP contribution in [0, 0.1) is 0 Å². The molecule has 0 fully saturated rings. The Morgan fingerprint density at radius 3 is 1.77 bits per heavy atom. The molecule has 0 aliphatic rings. The molecule has 0 aliphatic carbocycles. The number of H-pyrrole nitrogens is 1. The predicted octanol–water partition coefficient (Wildman–Crippen LogP) is 4.50. The molecule has 0 radical (unpaired) electrons. The molecule has 0 saturated carbocycles. The van der Waals surface area contributed by atoms with E-state index in [1.807, 2.05) is 0 Å². The molecule has 0 atom stereocenters. The molecule has 3 aromatic heterocycles. The maximum Gasteiger partial charge on any atom is 0.337 e. The lowest BCUT2D eigenvalue weighted by Gasteiger charge is -1.94. The number of carbonyl (C=O) groups excluding carboxylic acids is 2. The van der Waals surface area contributed by atoms with E-state index in [0.29, 0.717) is 26.8 Å². The molecule has 0 aromatic carbocycles. The van der Waals surface area contributed by atoms with Crippen LogP contribution >= 0.6 is 50.7 Å². The first kappa shape index (κ1) is 26.4. The number of aromatic nitrogens is 3. The smallest absolute Gasteiger partial charge is 0.337 e. The number of halogens is 4. The van der Waals surface area contributed by atoms with Crippen LogP contribution in [0.15, 0.2) is 59.8 Å². The molecule has 0 amide bonds. The van der Waals surface area contributed by atoms with Crippen LogP contribution in [0.25, 0.3) is 0 Å². The van der Waals surface area contributed by atoms with Crippen LogP contribution in [-0.4, -0.2) is 42.4 Å². The SMILES string of the molecule is O=C(CBr)c1ccc(Cl)nc1.O=C(Cl)c1ccc(Cl)nc1.O=C(O)c1ccc(=O)[nH]c1. The van der Waals surface area contributed by atoms with Gasteiger partial charge in [-0.2, -0.15) is 0 Å². The second kappa shape index (κ2) is 13.7. The number of rotatable bonds is 4. The summed E-state index contributed by atoms with van der Waals surface area (Å²) in [6, 6.07) is 8.70. The minimum atomic E-state index is -1.05. The fraction of sp³-hybridized carbons (Fsp3) is 0.0526. The fourth-order valence-corrected chi connectivity index (χ4v) is 2.31. The molecular weight excluding hydrogens is 536 g/mol. The highest BCUT2D eigenvalue weighted by atomic mass is 79.9. The van der Waals surface area contributed by atoms with Gasteiger partial charge in [0.05, 0.1) is 16.5 Å². The van der Waals surface area contributed by atoms with Crippen molar-refractivity contribution in [3.63, 3.8) is 0 Å². The molecule has 0 unspecified atom stereocenters. The summed E-state index contributed by atoms with van der Waals surface area (Å²) in [4.78, 5) is 51.7. The molecule has 3 aromatic rings. The van der Waals surface area contributed by atoms with E-state index in [1.54, 1.807) is 12.1 Å². The number of carboxylic acids is 1. The number of alkyl halides is 1. The average Bonchev–Trinajstić information content (AvgIpc) is 2.75. The molecule has 0 aliphatic heterocycles. The van der Waals surface area contributed by atoms with E-state index in [0.717, 1.165) is 6.20 Å². The summed E-state index contributed by atoms with van der Waals surface area (Å²) in [5, 5.41) is 8.89. The first-order valence-electron chi connectivity index (χ1n) is 8.08. The minimum absolute atomic E-state index is 0.00849. The van der Waals surface area contributed by atoms with Crippen molar-refractivity contribution >= 4 is 67.7 Å². The van der Waals surface area contributed by atoms with Crippen LogP contribution in [0.4, 0.5) is 0 Å². The highest BCUT2D eigenvalue weighted by Gasteiger charge is 2.02. The Bertz CT molecular complexity index is 1070. The zero-order chi connectivity index (χ0) is 23.4. The van der Waals surface area contributed by atoms with Crippen molar-refractivity contribution in [3.8, 4) is 0 Å². The molecule has 0 spiro atoms. The summed E-state index contributed by atoms with van der Waals surface area (Å²) in [6.07, 6.45) is 3.95. The first-order valence-corrected chi connectivity index (χ1v) is 10.3. The molecule has 31 heavy (non-hydrogen) atoms. The fourth-order valence-electron chi connectivity index (χ4n) is 1.65. The molecular formula is C19H13BrCl3N3O5. The second-order valence-corrected chi connectivity index (χ2v) is 6.99. The van der Waals surface area contributed by atoms with Crippen LogP contribution in [0.5, 0.6) is 0 Å². The maximum atomic E-state index is 11.0. The Balaban J connectivity index is 0.000000233. The first-order chi connectivity index (χ1) is 14.6.